The van der Waals surface area contributed by atoms with E-state index in [0.29, 0.717) is 23.6 Å². The van der Waals surface area contributed by atoms with E-state index in [4.69, 9.17) is 4.84 Å². The summed E-state index contributed by atoms with van der Waals surface area (Å²) in [5, 5.41) is 0. The molecule has 0 unspecified atom stereocenters. The summed E-state index contributed by atoms with van der Waals surface area (Å²) < 4.78 is 0. The normalized spacial score (nSPS) is 10.8. The van der Waals surface area contributed by atoms with Crippen LogP contribution in [0, 0.1) is 6.92 Å². The van der Waals surface area contributed by atoms with Crippen LogP contribution in [0.2, 0.25) is 0 Å². The van der Waals surface area contributed by atoms with Gasteiger partial charge < -0.3 is 4.98 Å². The molecule has 3 N–H and O–H groups in total. The number of nitrogens with zero attached hydrogens (tertiary/aromatic N) is 2. The number of hydrogen-bond donors (Lipinski definition) is 3. The van der Waals surface area contributed by atoms with E-state index in [-0.39, 0.29) is 11.5 Å². The Morgan fingerprint density at radius 1 is 1.40 bits per heavy atom. The number of nitrogens with one attached hydrogen (secondary N) is 3. The quantitative estimate of drug-likeness (QED) is 0.632. The van der Waals surface area contributed by atoms with Gasteiger partial charge in [-0.15, -0.1) is 0 Å². The highest BCUT2D eigenvalue weighted by atomic mass is 16.6. The van der Waals surface area contributed by atoms with Crippen LogP contribution < -0.4 is 11.0 Å². The number of H-pyrrole nitrogens is 2. The molecular weight excluding hydrogens is 198 g/mol. The average Bonchev–Trinajstić information content (AvgIpc) is 2.56. The average molecular weight is 209 g/mol. The van der Waals surface area contributed by atoms with E-state index in [1.807, 2.05) is 6.92 Å². The van der Waals surface area contributed by atoms with Crippen LogP contribution in [0.4, 0.5) is 5.95 Å². The van der Waals surface area contributed by atoms with Gasteiger partial charge in [0.1, 0.15) is 5.82 Å². The predicted molar refractivity (Wildman–Crippen MR) is 54.5 cm³/mol. The molecular formula is C8H11N5O2. The van der Waals surface area contributed by atoms with E-state index < -0.39 is 0 Å². The maximum absolute atomic E-state index is 11.5. The molecule has 0 aliphatic carbocycles. The minimum Gasteiger partial charge on any atom is -0.336 e. The third-order valence-corrected chi connectivity index (χ3v) is 1.79. The highest BCUT2D eigenvalue weighted by molar-refractivity contribution is 5.70. The number of imidazole rings is 1. The molecule has 0 bridgehead atoms. The van der Waals surface area contributed by atoms with Crippen molar-refractivity contribution in [2.75, 3.05) is 12.1 Å². The summed E-state index contributed by atoms with van der Waals surface area (Å²) in [6.45, 7) is 4.06. The van der Waals surface area contributed by atoms with Crippen molar-refractivity contribution >= 4 is 17.1 Å². The number of fused-ring (bicyclic) bond motifs is 1. The van der Waals surface area contributed by atoms with Gasteiger partial charge in [0, 0.05) is 0 Å². The van der Waals surface area contributed by atoms with Crippen LogP contribution in [0.15, 0.2) is 4.79 Å². The highest BCUT2D eigenvalue weighted by Crippen LogP contribution is 2.05. The Hall–Kier alpha value is -1.89. The van der Waals surface area contributed by atoms with Crippen LogP contribution in [0.1, 0.15) is 12.7 Å². The second-order valence-corrected chi connectivity index (χ2v) is 2.97. The Bertz CT molecular complexity index is 529. The van der Waals surface area contributed by atoms with Crippen molar-refractivity contribution in [1.82, 2.24) is 19.9 Å². The minimum atomic E-state index is -0.275. The first-order valence-corrected chi connectivity index (χ1v) is 4.55. The molecule has 0 saturated heterocycles. The number of rotatable bonds is 3. The second-order valence-electron chi connectivity index (χ2n) is 2.97. The lowest BCUT2D eigenvalue weighted by atomic mass is 10.5. The first-order valence-electron chi connectivity index (χ1n) is 4.55. The third kappa shape index (κ3) is 1.82. The summed E-state index contributed by atoms with van der Waals surface area (Å²) in [4.78, 5) is 29.9. The van der Waals surface area contributed by atoms with E-state index in [9.17, 15) is 4.79 Å². The van der Waals surface area contributed by atoms with Gasteiger partial charge in [0.15, 0.2) is 11.2 Å². The van der Waals surface area contributed by atoms with E-state index >= 15 is 0 Å². The molecule has 0 spiro atoms. The SMILES string of the molecule is CCONc1nc2nc(C)[nH]c2c(=O)[nH]1. The topological polar surface area (TPSA) is 95.7 Å². The summed E-state index contributed by atoms with van der Waals surface area (Å²) in [7, 11) is 0. The smallest absolute Gasteiger partial charge is 0.278 e. The van der Waals surface area contributed by atoms with Gasteiger partial charge in [-0.2, -0.15) is 4.98 Å². The molecule has 0 fully saturated rings. The molecule has 0 aliphatic heterocycles. The Kier molecular flexibility index (Phi) is 2.38. The van der Waals surface area contributed by atoms with E-state index in [1.165, 1.54) is 0 Å². The number of anilines is 1. The first-order chi connectivity index (χ1) is 7.20. The summed E-state index contributed by atoms with van der Waals surface area (Å²) in [5.41, 5.74) is 2.98. The number of aryl methyl sites for hydroxylation is 1. The molecule has 0 aliphatic rings. The zero-order valence-corrected chi connectivity index (χ0v) is 8.42. The predicted octanol–water partition coefficient (Wildman–Crippen LogP) is 0.318. The maximum Gasteiger partial charge on any atom is 0.278 e. The van der Waals surface area contributed by atoms with Gasteiger partial charge in [-0.1, -0.05) is 0 Å². The van der Waals surface area contributed by atoms with Crippen LogP contribution in [-0.2, 0) is 4.84 Å². The van der Waals surface area contributed by atoms with Crippen LogP contribution in [-0.4, -0.2) is 26.5 Å². The minimum absolute atomic E-state index is 0.251. The lowest BCUT2D eigenvalue weighted by molar-refractivity contribution is 0.207. The van der Waals surface area contributed by atoms with Crippen molar-refractivity contribution in [3.05, 3.63) is 16.2 Å². The molecule has 2 heterocycles. The van der Waals surface area contributed by atoms with Gasteiger partial charge in [0.05, 0.1) is 6.61 Å². The molecule has 0 atom stereocenters. The first kappa shape index (κ1) is 9.66. The van der Waals surface area contributed by atoms with Gasteiger partial charge in [-0.25, -0.2) is 10.5 Å². The van der Waals surface area contributed by atoms with Crippen LogP contribution in [0.5, 0.6) is 0 Å². The zero-order chi connectivity index (χ0) is 10.8. The molecule has 2 rings (SSSR count). The molecule has 7 heteroatoms. The fourth-order valence-corrected chi connectivity index (χ4v) is 1.21. The van der Waals surface area contributed by atoms with Crippen molar-refractivity contribution < 1.29 is 4.84 Å². The van der Waals surface area contributed by atoms with Crippen molar-refractivity contribution in [1.29, 1.82) is 0 Å². The monoisotopic (exact) mass is 209 g/mol. The Balaban J connectivity index is 2.47. The number of aromatic nitrogens is 4. The van der Waals surface area contributed by atoms with Crippen LogP contribution >= 0.6 is 0 Å². The summed E-state index contributed by atoms with van der Waals surface area (Å²) in [5.74, 6) is 0.900. The lowest BCUT2D eigenvalue weighted by Gasteiger charge is -2.01. The fraction of sp³-hybridized carbons (Fsp3) is 0.375. The summed E-state index contributed by atoms with van der Waals surface area (Å²) >= 11 is 0. The molecule has 80 valence electrons. The lowest BCUT2D eigenvalue weighted by Crippen LogP contribution is -2.13. The van der Waals surface area contributed by atoms with Gasteiger partial charge >= 0.3 is 0 Å². The molecule has 15 heavy (non-hydrogen) atoms. The molecule has 2 aromatic rings. The van der Waals surface area contributed by atoms with Gasteiger partial charge in [-0.3, -0.25) is 14.6 Å². The largest absolute Gasteiger partial charge is 0.336 e. The molecule has 0 saturated carbocycles. The molecule has 2 aromatic heterocycles. The van der Waals surface area contributed by atoms with Crippen molar-refractivity contribution in [2.24, 2.45) is 0 Å². The Morgan fingerprint density at radius 3 is 2.93 bits per heavy atom. The van der Waals surface area contributed by atoms with E-state index in [2.05, 4.69) is 25.4 Å². The Morgan fingerprint density at radius 2 is 2.20 bits per heavy atom. The third-order valence-electron chi connectivity index (χ3n) is 1.79. The second kappa shape index (κ2) is 3.70. The highest BCUT2D eigenvalue weighted by Gasteiger charge is 2.07. The van der Waals surface area contributed by atoms with Gasteiger partial charge in [0.2, 0.25) is 5.95 Å². The molecule has 0 amide bonds. The van der Waals surface area contributed by atoms with E-state index in [0.717, 1.165) is 0 Å². The van der Waals surface area contributed by atoms with Crippen molar-refractivity contribution in [2.45, 2.75) is 13.8 Å². The van der Waals surface area contributed by atoms with Crippen molar-refractivity contribution in [3.63, 3.8) is 0 Å². The van der Waals surface area contributed by atoms with Crippen LogP contribution in [0.25, 0.3) is 11.2 Å². The summed E-state index contributed by atoms with van der Waals surface area (Å²) in [6, 6.07) is 0. The van der Waals surface area contributed by atoms with Gasteiger partial charge in [-0.05, 0) is 13.8 Å². The van der Waals surface area contributed by atoms with Crippen molar-refractivity contribution in [3.8, 4) is 0 Å². The molecule has 7 nitrogen and oxygen atoms in total. The number of hydrogen-bond acceptors (Lipinski definition) is 5. The van der Waals surface area contributed by atoms with Gasteiger partial charge in [0.25, 0.3) is 5.56 Å². The summed E-state index contributed by atoms with van der Waals surface area (Å²) in [6.07, 6.45) is 0. The molecule has 0 aromatic carbocycles. The van der Waals surface area contributed by atoms with Crippen LogP contribution in [0.3, 0.4) is 0 Å². The van der Waals surface area contributed by atoms with E-state index in [1.54, 1.807) is 6.92 Å². The molecule has 0 radical (unpaired) electrons. The fourth-order valence-electron chi connectivity index (χ4n) is 1.21. The standard InChI is InChI=1S/C8H11N5O2/c1-3-15-13-8-11-6-5(7(14)12-8)9-4(2)10-6/h3H2,1-2H3,(H3,9,10,11,12,13,14). The number of aromatic amines is 2. The Labute approximate surface area is 84.9 Å². The zero-order valence-electron chi connectivity index (χ0n) is 8.42. The maximum atomic E-state index is 11.5.